The second-order valence-electron chi connectivity index (χ2n) is 7.30. The van der Waals surface area contributed by atoms with E-state index in [0.29, 0.717) is 11.4 Å². The standard InChI is InChI=1S/C23H18BrN5O2S/c24-17-5-1-15(2-6-17)19-9-10-22(31)29(27-19)14-21(30)25-18-7-3-16(4-8-18)20-13-28-11-12-32-23(28)26-20/h1-10,13H,11-12,14H2,(H,25,30). The predicted molar refractivity (Wildman–Crippen MR) is 129 cm³/mol. The van der Waals surface area contributed by atoms with Crippen molar-refractivity contribution in [1.29, 1.82) is 0 Å². The number of carbonyl (C=O) groups excluding carboxylic acids is 1. The maximum Gasteiger partial charge on any atom is 0.267 e. The third-order valence-electron chi connectivity index (χ3n) is 5.07. The molecule has 0 saturated carbocycles. The number of halogens is 1. The van der Waals surface area contributed by atoms with Gasteiger partial charge >= 0.3 is 0 Å². The number of nitrogens with one attached hydrogen (secondary N) is 1. The monoisotopic (exact) mass is 507 g/mol. The molecule has 0 bridgehead atoms. The minimum atomic E-state index is -0.331. The van der Waals surface area contributed by atoms with Crippen molar-refractivity contribution >= 4 is 39.3 Å². The number of aromatic nitrogens is 4. The van der Waals surface area contributed by atoms with Gasteiger partial charge in [-0.25, -0.2) is 9.67 Å². The summed E-state index contributed by atoms with van der Waals surface area (Å²) in [5, 5.41) is 8.22. The van der Waals surface area contributed by atoms with Crippen molar-refractivity contribution in [2.45, 2.75) is 18.2 Å². The zero-order valence-electron chi connectivity index (χ0n) is 16.9. The van der Waals surface area contributed by atoms with Crippen molar-refractivity contribution in [1.82, 2.24) is 19.3 Å². The first-order valence-corrected chi connectivity index (χ1v) is 11.8. The Morgan fingerprint density at radius 1 is 1.00 bits per heavy atom. The average molecular weight is 508 g/mol. The number of thioether (sulfide) groups is 1. The van der Waals surface area contributed by atoms with E-state index in [1.54, 1.807) is 17.8 Å². The Labute approximate surface area is 196 Å². The fourth-order valence-corrected chi connectivity index (χ4v) is 4.65. The highest BCUT2D eigenvalue weighted by Gasteiger charge is 2.15. The van der Waals surface area contributed by atoms with Gasteiger partial charge in [0.05, 0.1) is 11.4 Å². The normalized spacial score (nSPS) is 12.5. The summed E-state index contributed by atoms with van der Waals surface area (Å²) in [5.74, 6) is 0.745. The van der Waals surface area contributed by atoms with E-state index in [4.69, 9.17) is 0 Å². The number of benzene rings is 2. The minimum Gasteiger partial charge on any atom is -0.325 e. The van der Waals surface area contributed by atoms with Gasteiger partial charge in [-0.3, -0.25) is 9.59 Å². The molecular weight excluding hydrogens is 490 g/mol. The molecule has 160 valence electrons. The van der Waals surface area contributed by atoms with E-state index in [9.17, 15) is 9.59 Å². The number of aryl methyl sites for hydroxylation is 1. The summed E-state index contributed by atoms with van der Waals surface area (Å²) in [7, 11) is 0. The molecule has 1 amide bonds. The summed E-state index contributed by atoms with van der Waals surface area (Å²) in [6.07, 6.45) is 2.05. The van der Waals surface area contributed by atoms with Gasteiger partial charge in [-0.1, -0.05) is 52.0 Å². The first-order valence-electron chi connectivity index (χ1n) is 9.99. The predicted octanol–water partition coefficient (Wildman–Crippen LogP) is 4.28. The quantitative estimate of drug-likeness (QED) is 0.435. The lowest BCUT2D eigenvalue weighted by atomic mass is 10.1. The van der Waals surface area contributed by atoms with E-state index >= 15 is 0 Å². The molecule has 1 aliphatic heterocycles. The van der Waals surface area contributed by atoms with E-state index in [1.807, 2.05) is 48.5 Å². The Morgan fingerprint density at radius 2 is 1.72 bits per heavy atom. The van der Waals surface area contributed by atoms with Crippen molar-refractivity contribution in [3.63, 3.8) is 0 Å². The molecule has 1 N–H and O–H groups in total. The second kappa shape index (κ2) is 8.76. The third kappa shape index (κ3) is 4.39. The number of nitrogens with zero attached hydrogens (tertiary/aromatic N) is 4. The molecule has 0 atom stereocenters. The van der Waals surface area contributed by atoms with Gasteiger partial charge in [0.15, 0.2) is 5.16 Å². The van der Waals surface area contributed by atoms with Crippen LogP contribution in [-0.4, -0.2) is 31.0 Å². The van der Waals surface area contributed by atoms with Gasteiger partial charge in [0.2, 0.25) is 5.91 Å². The number of carbonyl (C=O) groups is 1. The molecule has 0 radical (unpaired) electrons. The summed E-state index contributed by atoms with van der Waals surface area (Å²) >= 11 is 5.16. The highest BCUT2D eigenvalue weighted by atomic mass is 79.9. The molecule has 2 aromatic heterocycles. The first-order chi connectivity index (χ1) is 15.5. The lowest BCUT2D eigenvalue weighted by molar-refractivity contribution is -0.117. The maximum atomic E-state index is 12.5. The van der Waals surface area contributed by atoms with Gasteiger partial charge in [0.1, 0.15) is 6.54 Å². The number of hydrogen-bond donors (Lipinski definition) is 1. The molecular formula is C23H18BrN5O2S. The fraction of sp³-hybridized carbons (Fsp3) is 0.130. The smallest absolute Gasteiger partial charge is 0.267 e. The summed E-state index contributed by atoms with van der Waals surface area (Å²) in [6.45, 7) is 0.813. The van der Waals surface area contributed by atoms with Crippen LogP contribution in [-0.2, 0) is 17.9 Å². The van der Waals surface area contributed by atoms with Gasteiger partial charge in [0, 0.05) is 45.8 Å². The van der Waals surface area contributed by atoms with Crippen molar-refractivity contribution in [3.05, 3.63) is 81.7 Å². The number of imidazole rings is 1. The molecule has 0 saturated heterocycles. The summed E-state index contributed by atoms with van der Waals surface area (Å²) in [4.78, 5) is 29.4. The van der Waals surface area contributed by atoms with Crippen LogP contribution in [0.4, 0.5) is 5.69 Å². The number of anilines is 1. The molecule has 7 nitrogen and oxygen atoms in total. The molecule has 32 heavy (non-hydrogen) atoms. The molecule has 9 heteroatoms. The van der Waals surface area contributed by atoms with Crippen LogP contribution < -0.4 is 10.9 Å². The van der Waals surface area contributed by atoms with Crippen molar-refractivity contribution in [2.24, 2.45) is 0 Å². The Bertz CT molecular complexity index is 1320. The van der Waals surface area contributed by atoms with Crippen LogP contribution in [0.5, 0.6) is 0 Å². The highest BCUT2D eigenvalue weighted by Crippen LogP contribution is 2.29. The molecule has 0 fully saturated rings. The fourth-order valence-electron chi connectivity index (χ4n) is 3.45. The Hall–Kier alpha value is -3.17. The summed E-state index contributed by atoms with van der Waals surface area (Å²) < 4.78 is 4.28. The van der Waals surface area contributed by atoms with E-state index in [0.717, 1.165) is 38.7 Å². The van der Waals surface area contributed by atoms with Crippen molar-refractivity contribution < 1.29 is 4.79 Å². The minimum absolute atomic E-state index is 0.171. The van der Waals surface area contributed by atoms with Crippen LogP contribution >= 0.6 is 27.7 Å². The lowest BCUT2D eigenvalue weighted by Gasteiger charge is -2.09. The number of rotatable bonds is 5. The van der Waals surface area contributed by atoms with Crippen LogP contribution in [0.2, 0.25) is 0 Å². The van der Waals surface area contributed by atoms with Gasteiger partial charge in [-0.15, -0.1) is 0 Å². The first kappa shape index (κ1) is 20.7. The molecule has 2 aromatic carbocycles. The van der Waals surface area contributed by atoms with Crippen LogP contribution in [0.3, 0.4) is 0 Å². The van der Waals surface area contributed by atoms with E-state index in [2.05, 4.69) is 42.1 Å². The van der Waals surface area contributed by atoms with E-state index in [1.165, 1.54) is 10.7 Å². The number of fused-ring (bicyclic) bond motifs is 1. The zero-order chi connectivity index (χ0) is 22.1. The van der Waals surface area contributed by atoms with Crippen molar-refractivity contribution in [2.75, 3.05) is 11.1 Å². The molecule has 3 heterocycles. The number of amides is 1. The third-order valence-corrected chi connectivity index (χ3v) is 6.57. The lowest BCUT2D eigenvalue weighted by Crippen LogP contribution is -2.29. The topological polar surface area (TPSA) is 81.8 Å². The molecule has 0 aliphatic carbocycles. The van der Waals surface area contributed by atoms with Gasteiger partial charge in [-0.05, 0) is 30.3 Å². The van der Waals surface area contributed by atoms with Gasteiger partial charge in [-0.2, -0.15) is 5.10 Å². The SMILES string of the molecule is O=C(Cn1nc(-c2ccc(Br)cc2)ccc1=O)Nc1ccc(-c2cn3c(n2)SCC3)cc1. The highest BCUT2D eigenvalue weighted by molar-refractivity contribution is 9.10. The second-order valence-corrected chi connectivity index (χ2v) is 9.28. The molecule has 0 spiro atoms. The number of hydrogen-bond acceptors (Lipinski definition) is 5. The van der Waals surface area contributed by atoms with Gasteiger partial charge < -0.3 is 9.88 Å². The zero-order valence-corrected chi connectivity index (χ0v) is 19.3. The maximum absolute atomic E-state index is 12.5. The summed E-state index contributed by atoms with van der Waals surface area (Å²) in [6, 6.07) is 18.2. The molecule has 4 aromatic rings. The Morgan fingerprint density at radius 3 is 2.47 bits per heavy atom. The Kier molecular flexibility index (Phi) is 5.67. The van der Waals surface area contributed by atoms with Crippen LogP contribution in [0, 0.1) is 0 Å². The largest absolute Gasteiger partial charge is 0.325 e. The average Bonchev–Trinajstić information content (AvgIpc) is 3.39. The van der Waals surface area contributed by atoms with Crippen LogP contribution in [0.25, 0.3) is 22.5 Å². The molecule has 5 rings (SSSR count). The van der Waals surface area contributed by atoms with Crippen LogP contribution in [0.1, 0.15) is 0 Å². The van der Waals surface area contributed by atoms with Crippen molar-refractivity contribution in [3.8, 4) is 22.5 Å². The molecule has 0 unspecified atom stereocenters. The summed E-state index contributed by atoms with van der Waals surface area (Å²) in [5.41, 5.74) is 3.72. The Balaban J connectivity index is 1.27. The molecule has 1 aliphatic rings. The van der Waals surface area contributed by atoms with Gasteiger partial charge in [0.25, 0.3) is 5.56 Å². The van der Waals surface area contributed by atoms with E-state index in [-0.39, 0.29) is 18.0 Å². The van der Waals surface area contributed by atoms with Crippen LogP contribution in [0.15, 0.2) is 81.3 Å². The van der Waals surface area contributed by atoms with E-state index < -0.39 is 0 Å².